The lowest BCUT2D eigenvalue weighted by Crippen LogP contribution is -2.27. The van der Waals surface area contributed by atoms with Gasteiger partial charge in [-0.25, -0.2) is 0 Å². The fraction of sp³-hybridized carbons (Fsp3) is 0.267. The second-order valence-electron chi connectivity index (χ2n) is 4.65. The first kappa shape index (κ1) is 10.5. The number of hydrogen-bond donors (Lipinski definition) is 1. The normalized spacial score (nSPS) is 18.8. The molecule has 2 aromatic rings. The lowest BCUT2D eigenvalue weighted by Gasteiger charge is -2.26. The third kappa shape index (κ3) is 1.85. The summed E-state index contributed by atoms with van der Waals surface area (Å²) < 4.78 is 0. The zero-order valence-corrected chi connectivity index (χ0v) is 9.98. The fourth-order valence-corrected chi connectivity index (χ4v) is 2.66. The van der Waals surface area contributed by atoms with Crippen LogP contribution in [0.25, 0.3) is 11.1 Å². The summed E-state index contributed by atoms with van der Waals surface area (Å²) in [5, 5.41) is 3.46. The van der Waals surface area contributed by atoms with E-state index in [1.807, 2.05) is 12.4 Å². The first-order valence-electron chi connectivity index (χ1n) is 6.09. The minimum absolute atomic E-state index is 0.572. The molecule has 2 heterocycles. The Balaban J connectivity index is 2.18. The monoisotopic (exact) mass is 224 g/mol. The number of aromatic nitrogens is 1. The molecule has 0 amide bonds. The highest BCUT2D eigenvalue weighted by molar-refractivity contribution is 5.69. The Hall–Kier alpha value is -1.67. The van der Waals surface area contributed by atoms with Crippen LogP contribution in [-0.4, -0.2) is 11.5 Å². The van der Waals surface area contributed by atoms with Crippen LogP contribution in [-0.2, 0) is 6.54 Å². The summed E-state index contributed by atoms with van der Waals surface area (Å²) >= 11 is 0. The van der Waals surface area contributed by atoms with Gasteiger partial charge in [0.05, 0.1) is 0 Å². The SMILES string of the molecule is CC1CNCc2cccc(-c3ccncc3)c21. The molecule has 0 bridgehead atoms. The summed E-state index contributed by atoms with van der Waals surface area (Å²) in [5.41, 5.74) is 5.56. The highest BCUT2D eigenvalue weighted by Gasteiger charge is 2.19. The molecule has 1 aliphatic rings. The zero-order valence-electron chi connectivity index (χ0n) is 9.98. The van der Waals surface area contributed by atoms with Crippen molar-refractivity contribution < 1.29 is 0 Å². The van der Waals surface area contributed by atoms with E-state index in [2.05, 4.69) is 47.6 Å². The van der Waals surface area contributed by atoms with Gasteiger partial charge in [0, 0.05) is 25.5 Å². The van der Waals surface area contributed by atoms with Gasteiger partial charge >= 0.3 is 0 Å². The van der Waals surface area contributed by atoms with Gasteiger partial charge in [-0.05, 0) is 40.3 Å². The highest BCUT2D eigenvalue weighted by atomic mass is 14.9. The summed E-state index contributed by atoms with van der Waals surface area (Å²) in [4.78, 5) is 4.09. The molecule has 0 saturated heterocycles. The van der Waals surface area contributed by atoms with Gasteiger partial charge in [-0.3, -0.25) is 4.98 Å². The van der Waals surface area contributed by atoms with E-state index in [-0.39, 0.29) is 0 Å². The van der Waals surface area contributed by atoms with Crippen molar-refractivity contribution >= 4 is 0 Å². The molecule has 86 valence electrons. The number of fused-ring (bicyclic) bond motifs is 1. The Kier molecular flexibility index (Phi) is 2.65. The minimum atomic E-state index is 0.572. The summed E-state index contributed by atoms with van der Waals surface area (Å²) in [6.45, 7) is 4.34. The van der Waals surface area contributed by atoms with Crippen molar-refractivity contribution in [2.24, 2.45) is 0 Å². The zero-order chi connectivity index (χ0) is 11.7. The van der Waals surface area contributed by atoms with Crippen molar-refractivity contribution in [2.45, 2.75) is 19.4 Å². The molecular formula is C15H16N2. The third-order valence-corrected chi connectivity index (χ3v) is 3.45. The number of hydrogen-bond acceptors (Lipinski definition) is 2. The van der Waals surface area contributed by atoms with E-state index in [9.17, 15) is 0 Å². The van der Waals surface area contributed by atoms with Crippen LogP contribution in [0.4, 0.5) is 0 Å². The van der Waals surface area contributed by atoms with Gasteiger partial charge in [-0.2, -0.15) is 0 Å². The lowest BCUT2D eigenvalue weighted by atomic mass is 9.86. The molecule has 0 saturated carbocycles. The molecule has 0 spiro atoms. The van der Waals surface area contributed by atoms with E-state index in [0.717, 1.165) is 13.1 Å². The van der Waals surface area contributed by atoms with Gasteiger partial charge in [-0.1, -0.05) is 25.1 Å². The largest absolute Gasteiger partial charge is 0.312 e. The van der Waals surface area contributed by atoms with E-state index in [1.165, 1.54) is 22.3 Å². The van der Waals surface area contributed by atoms with Gasteiger partial charge in [0.15, 0.2) is 0 Å². The van der Waals surface area contributed by atoms with Gasteiger partial charge in [-0.15, -0.1) is 0 Å². The summed E-state index contributed by atoms with van der Waals surface area (Å²) in [7, 11) is 0. The molecule has 2 heteroatoms. The Bertz CT molecular complexity index is 520. The molecular weight excluding hydrogens is 208 g/mol. The molecule has 0 fully saturated rings. The van der Waals surface area contributed by atoms with Crippen molar-refractivity contribution in [1.82, 2.24) is 10.3 Å². The Labute approximate surface area is 102 Å². The van der Waals surface area contributed by atoms with Crippen LogP contribution < -0.4 is 5.32 Å². The number of rotatable bonds is 1. The summed E-state index contributed by atoms with van der Waals surface area (Å²) in [6, 6.07) is 10.8. The number of benzene rings is 1. The van der Waals surface area contributed by atoms with Crippen molar-refractivity contribution in [3.63, 3.8) is 0 Å². The van der Waals surface area contributed by atoms with E-state index in [1.54, 1.807) is 0 Å². The van der Waals surface area contributed by atoms with Crippen molar-refractivity contribution in [3.8, 4) is 11.1 Å². The molecule has 0 aliphatic carbocycles. The smallest absolute Gasteiger partial charge is 0.0273 e. The van der Waals surface area contributed by atoms with Gasteiger partial charge in [0.2, 0.25) is 0 Å². The molecule has 3 rings (SSSR count). The van der Waals surface area contributed by atoms with Crippen molar-refractivity contribution in [2.75, 3.05) is 6.54 Å². The molecule has 17 heavy (non-hydrogen) atoms. The van der Waals surface area contributed by atoms with Crippen molar-refractivity contribution in [3.05, 3.63) is 53.9 Å². The summed E-state index contributed by atoms with van der Waals surface area (Å²) in [5.74, 6) is 0.572. The van der Waals surface area contributed by atoms with Crippen LogP contribution in [0.1, 0.15) is 24.0 Å². The first-order chi connectivity index (χ1) is 8.36. The molecule has 1 aliphatic heterocycles. The van der Waals surface area contributed by atoms with Crippen molar-refractivity contribution in [1.29, 1.82) is 0 Å². The van der Waals surface area contributed by atoms with Crippen LogP contribution in [0.3, 0.4) is 0 Å². The maximum absolute atomic E-state index is 4.09. The standard InChI is InChI=1S/C15H16N2/c1-11-9-17-10-13-3-2-4-14(15(11)13)12-5-7-16-8-6-12/h2-8,11,17H,9-10H2,1H3. The Morgan fingerprint density at radius 1 is 1.18 bits per heavy atom. The van der Waals surface area contributed by atoms with E-state index < -0.39 is 0 Å². The van der Waals surface area contributed by atoms with Gasteiger partial charge in [0.25, 0.3) is 0 Å². The molecule has 1 aromatic carbocycles. The predicted molar refractivity (Wildman–Crippen MR) is 69.8 cm³/mol. The Morgan fingerprint density at radius 2 is 2.00 bits per heavy atom. The maximum Gasteiger partial charge on any atom is 0.0273 e. The molecule has 1 aromatic heterocycles. The van der Waals surface area contributed by atoms with E-state index in [0.29, 0.717) is 5.92 Å². The van der Waals surface area contributed by atoms with E-state index in [4.69, 9.17) is 0 Å². The fourth-order valence-electron chi connectivity index (χ4n) is 2.66. The number of nitrogens with zero attached hydrogens (tertiary/aromatic N) is 1. The van der Waals surface area contributed by atoms with Crippen LogP contribution in [0.2, 0.25) is 0 Å². The topological polar surface area (TPSA) is 24.9 Å². The number of nitrogens with one attached hydrogen (secondary N) is 1. The third-order valence-electron chi connectivity index (χ3n) is 3.45. The second kappa shape index (κ2) is 4.30. The van der Waals surface area contributed by atoms with Crippen LogP contribution >= 0.6 is 0 Å². The average molecular weight is 224 g/mol. The van der Waals surface area contributed by atoms with Crippen LogP contribution in [0.5, 0.6) is 0 Å². The van der Waals surface area contributed by atoms with Gasteiger partial charge in [0.1, 0.15) is 0 Å². The van der Waals surface area contributed by atoms with Crippen LogP contribution in [0.15, 0.2) is 42.7 Å². The average Bonchev–Trinajstić information content (AvgIpc) is 2.39. The molecule has 1 unspecified atom stereocenters. The minimum Gasteiger partial charge on any atom is -0.312 e. The maximum atomic E-state index is 4.09. The molecule has 1 atom stereocenters. The van der Waals surface area contributed by atoms with Gasteiger partial charge < -0.3 is 5.32 Å². The lowest BCUT2D eigenvalue weighted by molar-refractivity contribution is 0.572. The Morgan fingerprint density at radius 3 is 2.82 bits per heavy atom. The second-order valence-corrected chi connectivity index (χ2v) is 4.65. The molecule has 0 radical (unpaired) electrons. The highest BCUT2D eigenvalue weighted by Crippen LogP contribution is 2.33. The molecule has 2 nitrogen and oxygen atoms in total. The predicted octanol–water partition coefficient (Wildman–Crippen LogP) is 2.96. The van der Waals surface area contributed by atoms with E-state index >= 15 is 0 Å². The van der Waals surface area contributed by atoms with Crippen LogP contribution in [0, 0.1) is 0 Å². The quantitative estimate of drug-likeness (QED) is 0.805. The molecule has 1 N–H and O–H groups in total. The first-order valence-corrected chi connectivity index (χ1v) is 6.09. The number of pyridine rings is 1. The summed E-state index contributed by atoms with van der Waals surface area (Å²) in [6.07, 6.45) is 3.72.